The fraction of sp³-hybridized carbons (Fsp3) is 0.692. The van der Waals surface area contributed by atoms with Gasteiger partial charge in [-0.15, -0.1) is 5.10 Å². The Balaban J connectivity index is 1.57. The van der Waals surface area contributed by atoms with Crippen LogP contribution in [0.15, 0.2) is 12.4 Å². The summed E-state index contributed by atoms with van der Waals surface area (Å²) in [7, 11) is 0. The smallest absolute Gasteiger partial charge is 0.138 e. The molecule has 1 atom stereocenters. The topological polar surface area (TPSA) is 105 Å². The Kier molecular flexibility index (Phi) is 4.76. The summed E-state index contributed by atoms with van der Waals surface area (Å²) < 4.78 is 3.67. The Morgan fingerprint density at radius 2 is 2.18 bits per heavy atom. The molecular weight excluding hydrogens is 286 g/mol. The van der Waals surface area contributed by atoms with Gasteiger partial charge in [0.1, 0.15) is 12.4 Å². The monoisotopic (exact) mass is 307 g/mol. The summed E-state index contributed by atoms with van der Waals surface area (Å²) in [5, 5.41) is 34.2. The van der Waals surface area contributed by atoms with Crippen molar-refractivity contribution in [1.29, 1.82) is 0 Å². The summed E-state index contributed by atoms with van der Waals surface area (Å²) in [5.41, 5.74) is 1.63. The Labute approximate surface area is 128 Å². The third-order valence-corrected chi connectivity index (χ3v) is 3.88. The number of hydrogen-bond donors (Lipinski definition) is 2. The maximum absolute atomic E-state index is 9.70. The molecule has 0 fully saturated rings. The zero-order chi connectivity index (χ0) is 15.4. The van der Waals surface area contributed by atoms with E-state index < -0.39 is 6.10 Å². The van der Waals surface area contributed by atoms with Gasteiger partial charge in [-0.3, -0.25) is 9.58 Å². The minimum absolute atomic E-state index is 0.299. The number of aliphatic hydroxyl groups excluding tert-OH is 2. The van der Waals surface area contributed by atoms with Gasteiger partial charge in [0.2, 0.25) is 0 Å². The summed E-state index contributed by atoms with van der Waals surface area (Å²) in [6, 6.07) is 1.89. The third-order valence-electron chi connectivity index (χ3n) is 3.88. The molecule has 9 nitrogen and oxygen atoms in total. The molecule has 22 heavy (non-hydrogen) atoms. The van der Waals surface area contributed by atoms with Crippen LogP contribution >= 0.6 is 0 Å². The van der Waals surface area contributed by atoms with E-state index in [-0.39, 0.29) is 6.61 Å². The van der Waals surface area contributed by atoms with E-state index in [9.17, 15) is 5.11 Å². The van der Waals surface area contributed by atoms with Crippen LogP contribution in [0, 0.1) is 0 Å². The third kappa shape index (κ3) is 3.49. The maximum Gasteiger partial charge on any atom is 0.138 e. The lowest BCUT2D eigenvalue weighted by Gasteiger charge is -2.19. The lowest BCUT2D eigenvalue weighted by atomic mass is 10.2. The van der Waals surface area contributed by atoms with Crippen LogP contribution in [0.3, 0.4) is 0 Å². The van der Waals surface area contributed by atoms with Crippen LogP contribution in [0.1, 0.15) is 30.3 Å². The van der Waals surface area contributed by atoms with Gasteiger partial charge in [0.05, 0.1) is 18.0 Å². The van der Waals surface area contributed by atoms with Gasteiger partial charge in [-0.2, -0.15) is 5.10 Å². The van der Waals surface area contributed by atoms with E-state index in [0.29, 0.717) is 5.69 Å². The number of rotatable bonds is 6. The van der Waals surface area contributed by atoms with E-state index in [1.165, 1.54) is 0 Å². The van der Waals surface area contributed by atoms with Crippen LogP contribution in [0.5, 0.6) is 0 Å². The van der Waals surface area contributed by atoms with Crippen molar-refractivity contribution in [2.45, 2.75) is 38.6 Å². The molecule has 0 saturated heterocycles. The molecule has 3 heterocycles. The van der Waals surface area contributed by atoms with Gasteiger partial charge < -0.3 is 10.2 Å². The predicted molar refractivity (Wildman–Crippen MR) is 76.6 cm³/mol. The second-order valence-electron chi connectivity index (χ2n) is 5.54. The normalized spacial score (nSPS) is 17.2. The predicted octanol–water partition coefficient (Wildman–Crippen LogP) is -0.809. The van der Waals surface area contributed by atoms with Gasteiger partial charge >= 0.3 is 0 Å². The number of tetrazole rings is 1. The van der Waals surface area contributed by atoms with Crippen molar-refractivity contribution in [2.24, 2.45) is 0 Å². The molecule has 120 valence electrons. The molecule has 0 bridgehead atoms. The number of hydrogen-bond acceptors (Lipinski definition) is 7. The number of aryl methyl sites for hydroxylation is 2. The Morgan fingerprint density at radius 1 is 1.27 bits per heavy atom. The highest BCUT2D eigenvalue weighted by molar-refractivity contribution is 5.13. The van der Waals surface area contributed by atoms with Crippen LogP contribution in [0.2, 0.25) is 0 Å². The summed E-state index contributed by atoms with van der Waals surface area (Å²) in [4.78, 5) is 2.37. The molecule has 9 heteroatoms. The molecule has 0 aliphatic carbocycles. The molecule has 1 aliphatic heterocycles. The number of aromatic nitrogens is 6. The van der Waals surface area contributed by atoms with Gasteiger partial charge in [0, 0.05) is 32.7 Å². The zero-order valence-corrected chi connectivity index (χ0v) is 12.4. The molecule has 1 aliphatic rings. The molecule has 0 saturated carbocycles. The minimum Gasteiger partial charge on any atom is -0.393 e. The molecule has 3 rings (SSSR count). The Bertz CT molecular complexity index is 583. The van der Waals surface area contributed by atoms with E-state index in [1.807, 2.05) is 10.7 Å². The standard InChI is InChI=1S/C13H21N7O2/c21-9-13(22)12-7-11-8-18(4-2-6-20(11)15-12)3-1-5-19-10-14-16-17-19/h7,10,13,21-22H,1-6,8-9H2. The van der Waals surface area contributed by atoms with Gasteiger partial charge in [-0.1, -0.05) is 0 Å². The fourth-order valence-electron chi connectivity index (χ4n) is 2.74. The highest BCUT2D eigenvalue weighted by Crippen LogP contribution is 2.18. The Hall–Kier alpha value is -1.84. The summed E-state index contributed by atoms with van der Waals surface area (Å²) >= 11 is 0. The van der Waals surface area contributed by atoms with Gasteiger partial charge in [0.25, 0.3) is 0 Å². The molecule has 2 aromatic rings. The lowest BCUT2D eigenvalue weighted by molar-refractivity contribution is 0.0916. The largest absolute Gasteiger partial charge is 0.393 e. The van der Waals surface area contributed by atoms with Crippen molar-refractivity contribution in [2.75, 3.05) is 19.7 Å². The van der Waals surface area contributed by atoms with E-state index in [1.54, 1.807) is 11.0 Å². The molecular formula is C13H21N7O2. The zero-order valence-electron chi connectivity index (χ0n) is 12.4. The molecule has 0 spiro atoms. The molecule has 0 radical (unpaired) electrons. The van der Waals surface area contributed by atoms with E-state index in [4.69, 9.17) is 5.11 Å². The highest BCUT2D eigenvalue weighted by atomic mass is 16.3. The summed E-state index contributed by atoms with van der Waals surface area (Å²) in [6.07, 6.45) is 2.73. The fourth-order valence-corrected chi connectivity index (χ4v) is 2.74. The van der Waals surface area contributed by atoms with Crippen LogP contribution in [-0.2, 0) is 19.6 Å². The lowest BCUT2D eigenvalue weighted by Crippen LogP contribution is -2.25. The van der Waals surface area contributed by atoms with Crippen LogP contribution in [-0.4, -0.2) is 64.8 Å². The SMILES string of the molecule is OCC(O)c1cc2n(n1)CCCN(CCCn1cnnn1)C2. The van der Waals surface area contributed by atoms with Crippen molar-refractivity contribution in [3.8, 4) is 0 Å². The first kappa shape index (κ1) is 15.1. The van der Waals surface area contributed by atoms with Gasteiger partial charge in [0.15, 0.2) is 0 Å². The Morgan fingerprint density at radius 3 is 2.95 bits per heavy atom. The van der Waals surface area contributed by atoms with Crippen molar-refractivity contribution in [1.82, 2.24) is 34.9 Å². The number of fused-ring (bicyclic) bond motifs is 1. The highest BCUT2D eigenvalue weighted by Gasteiger charge is 2.19. The molecule has 1 unspecified atom stereocenters. The van der Waals surface area contributed by atoms with Crippen LogP contribution in [0.25, 0.3) is 0 Å². The van der Waals surface area contributed by atoms with Crippen molar-refractivity contribution in [3.05, 3.63) is 23.8 Å². The molecule has 2 N–H and O–H groups in total. The summed E-state index contributed by atoms with van der Waals surface area (Å²) in [6.45, 7) is 4.14. The van der Waals surface area contributed by atoms with Crippen LogP contribution < -0.4 is 0 Å². The first-order chi connectivity index (χ1) is 10.8. The maximum atomic E-state index is 9.70. The van der Waals surface area contributed by atoms with Gasteiger partial charge in [-0.05, 0) is 29.3 Å². The molecule has 0 amide bonds. The molecule has 0 aromatic carbocycles. The van der Waals surface area contributed by atoms with Gasteiger partial charge in [-0.25, -0.2) is 4.68 Å². The van der Waals surface area contributed by atoms with Crippen molar-refractivity contribution < 1.29 is 10.2 Å². The summed E-state index contributed by atoms with van der Waals surface area (Å²) in [5.74, 6) is 0. The quantitative estimate of drug-likeness (QED) is 0.719. The molecule has 2 aromatic heterocycles. The first-order valence-corrected chi connectivity index (χ1v) is 7.55. The van der Waals surface area contributed by atoms with E-state index in [2.05, 4.69) is 25.5 Å². The number of aliphatic hydroxyl groups is 2. The van der Waals surface area contributed by atoms with E-state index in [0.717, 1.165) is 51.3 Å². The minimum atomic E-state index is -0.896. The average Bonchev–Trinajstić information content (AvgIpc) is 3.13. The van der Waals surface area contributed by atoms with E-state index >= 15 is 0 Å². The average molecular weight is 307 g/mol. The number of nitrogens with zero attached hydrogens (tertiary/aromatic N) is 7. The van der Waals surface area contributed by atoms with Crippen LogP contribution in [0.4, 0.5) is 0 Å². The second kappa shape index (κ2) is 6.95. The second-order valence-corrected chi connectivity index (χ2v) is 5.54. The van der Waals surface area contributed by atoms with Crippen molar-refractivity contribution in [3.63, 3.8) is 0 Å². The first-order valence-electron chi connectivity index (χ1n) is 7.55. The van der Waals surface area contributed by atoms with Crippen molar-refractivity contribution >= 4 is 0 Å².